The number of ether oxygens (including phenoxy) is 1. The minimum absolute atomic E-state index is 0.0109. The lowest BCUT2D eigenvalue weighted by Crippen LogP contribution is -2.37. The number of hydrogen-bond donors (Lipinski definition) is 12. The second-order valence-corrected chi connectivity index (χ2v) is 33.5. The molecule has 12 N–H and O–H groups in total. The summed E-state index contributed by atoms with van der Waals surface area (Å²) in [5.41, 5.74) is 11.7. The van der Waals surface area contributed by atoms with Crippen LogP contribution in [0.5, 0.6) is 5.75 Å². The molecule has 0 aliphatic rings. The molecular weight excluding hydrogens is 1900 g/mol. The Balaban J connectivity index is 0.000000242. The Morgan fingerprint density at radius 1 is 0.302 bits per heavy atom. The molecule has 12 aromatic rings. The fourth-order valence-corrected chi connectivity index (χ4v) is 14.5. The summed E-state index contributed by atoms with van der Waals surface area (Å²) in [6, 6.07) is 96.2. The average molecular weight is 2030 g/mol. The molecule has 10 amide bonds. The van der Waals surface area contributed by atoms with E-state index in [-0.39, 0.29) is 195 Å². The molecule has 0 saturated heterocycles. The fraction of sp³-hybridized carbons (Fsp3) is 0.261. The Morgan fingerprint density at radius 2 is 0.584 bits per heavy atom. The van der Waals surface area contributed by atoms with Crippen LogP contribution in [0.1, 0.15) is 99.4 Å². The molecule has 784 valence electrons. The SMILES string of the molecule is CC(=O)N(O)c1ccc(CC(=O)N(CCO)c2ccccc2)cc1.CC(C)C(=O)N(O)c1ccc(CC(=O)N(CCO)c2ccccc2)cc1.CCC(=O)CC(=O)Cc1ccc(CC(=O)N(CCO)c2ccccc2)cc1.CNC(=O)c1ccc(CC(=O)CN(CCO)c2ccccc2)cc1.CNC(=O)c1ccc(NCC(=O)N(CCO)c2ccccc2)cc1.CNC(=O)c1ccc(OCC(=O)N(CCO)c2ccccc2)cc1. The number of anilines is 9. The van der Waals surface area contributed by atoms with Crippen LogP contribution in [0.2, 0.25) is 0 Å². The molecule has 0 saturated carbocycles. The van der Waals surface area contributed by atoms with Crippen molar-refractivity contribution >= 4 is 128 Å². The molecule has 12 aromatic carbocycles. The minimum atomic E-state index is -0.489. The van der Waals surface area contributed by atoms with E-state index < -0.39 is 11.8 Å². The largest absolute Gasteiger partial charge is 0.484 e. The zero-order valence-corrected chi connectivity index (χ0v) is 84.7. The van der Waals surface area contributed by atoms with Crippen LogP contribution in [0.15, 0.2) is 328 Å². The molecule has 34 heteroatoms. The van der Waals surface area contributed by atoms with Gasteiger partial charge in [0.25, 0.3) is 29.5 Å². The second kappa shape index (κ2) is 65.7. The van der Waals surface area contributed by atoms with Crippen LogP contribution in [0.25, 0.3) is 0 Å². The van der Waals surface area contributed by atoms with Gasteiger partial charge in [-0.3, -0.25) is 72.7 Å². The van der Waals surface area contributed by atoms with Gasteiger partial charge in [0.1, 0.15) is 17.3 Å². The number of nitrogens with zero attached hydrogens (tertiary/aromatic N) is 8. The normalized spacial score (nSPS) is 10.3. The summed E-state index contributed by atoms with van der Waals surface area (Å²) in [6.07, 6.45) is 1.38. The molecule has 0 aromatic heterocycles. The van der Waals surface area contributed by atoms with Gasteiger partial charge in [0.2, 0.25) is 29.5 Å². The molecule has 0 radical (unpaired) electrons. The van der Waals surface area contributed by atoms with Gasteiger partial charge < -0.3 is 86.0 Å². The van der Waals surface area contributed by atoms with Gasteiger partial charge >= 0.3 is 0 Å². The molecule has 34 nitrogen and oxygen atoms in total. The van der Waals surface area contributed by atoms with Crippen molar-refractivity contribution in [1.82, 2.24) is 16.0 Å². The van der Waals surface area contributed by atoms with E-state index in [1.807, 2.05) is 199 Å². The van der Waals surface area contributed by atoms with Crippen LogP contribution in [0.3, 0.4) is 0 Å². The number of hydrogen-bond acceptors (Lipinski definition) is 24. The van der Waals surface area contributed by atoms with Crippen LogP contribution in [-0.4, -0.2) is 237 Å². The quantitative estimate of drug-likeness (QED) is 0.00958. The summed E-state index contributed by atoms with van der Waals surface area (Å²) in [7, 11) is 4.72. The summed E-state index contributed by atoms with van der Waals surface area (Å²) < 4.78 is 5.48. The molecule has 0 spiro atoms. The summed E-state index contributed by atoms with van der Waals surface area (Å²) >= 11 is 0. The lowest BCUT2D eigenvalue weighted by molar-refractivity contribution is -0.127. The van der Waals surface area contributed by atoms with Crippen molar-refractivity contribution in [3.8, 4) is 5.75 Å². The highest BCUT2D eigenvalue weighted by atomic mass is 16.5. The van der Waals surface area contributed by atoms with E-state index in [4.69, 9.17) is 9.84 Å². The predicted octanol–water partition coefficient (Wildman–Crippen LogP) is 12.0. The van der Waals surface area contributed by atoms with Crippen molar-refractivity contribution in [1.29, 1.82) is 0 Å². The van der Waals surface area contributed by atoms with Gasteiger partial charge in [-0.2, -0.15) is 10.1 Å². The summed E-state index contributed by atoms with van der Waals surface area (Å²) in [5.74, 6) is -2.08. The first-order valence-corrected chi connectivity index (χ1v) is 48.3. The summed E-state index contributed by atoms with van der Waals surface area (Å²) in [4.78, 5) is 165. The average Bonchev–Trinajstić information content (AvgIpc) is 0.848. The van der Waals surface area contributed by atoms with Crippen LogP contribution in [0.4, 0.5) is 51.2 Å². The second-order valence-electron chi connectivity index (χ2n) is 33.5. The van der Waals surface area contributed by atoms with Gasteiger partial charge in [-0.05, 0) is 186 Å². The van der Waals surface area contributed by atoms with Gasteiger partial charge in [0.05, 0.1) is 89.8 Å². The Labute approximate surface area is 868 Å². The molecule has 0 unspecified atom stereocenters. The summed E-state index contributed by atoms with van der Waals surface area (Å²) in [6.45, 7) is 7.47. The molecule has 0 aliphatic carbocycles. The first-order chi connectivity index (χ1) is 71.9. The van der Waals surface area contributed by atoms with E-state index >= 15 is 0 Å². The number of amides is 10. The number of carbonyl (C=O) groups is 13. The zero-order valence-electron chi connectivity index (χ0n) is 84.7. The number of aliphatic hydroxyl groups is 6. The topological polar surface area (TPSA) is 467 Å². The van der Waals surface area contributed by atoms with E-state index in [0.717, 1.165) is 61.9 Å². The van der Waals surface area contributed by atoms with Gasteiger partial charge in [-0.25, -0.2) is 0 Å². The molecule has 12 rings (SSSR count). The number of hydroxylamine groups is 2. The number of ketones is 3. The first-order valence-electron chi connectivity index (χ1n) is 48.3. The highest BCUT2D eigenvalue weighted by Gasteiger charge is 2.25. The van der Waals surface area contributed by atoms with E-state index in [1.165, 1.54) is 26.5 Å². The number of nitrogens with one attached hydrogen (secondary N) is 4. The Kier molecular flexibility index (Phi) is 52.7. The van der Waals surface area contributed by atoms with Crippen molar-refractivity contribution in [2.75, 3.05) is 165 Å². The maximum absolute atomic E-state index is 12.6. The highest BCUT2D eigenvalue weighted by Crippen LogP contribution is 2.26. The van der Waals surface area contributed by atoms with Crippen LogP contribution in [-0.2, 0) is 80.0 Å². The van der Waals surface area contributed by atoms with E-state index in [1.54, 1.807) is 180 Å². The predicted molar refractivity (Wildman–Crippen MR) is 575 cm³/mol. The number of Topliss-reactive ketones (excluding diaryl/α,β-unsaturated/α-hetero) is 3. The maximum atomic E-state index is 12.6. The van der Waals surface area contributed by atoms with Gasteiger partial charge in [0, 0.05) is 149 Å². The molecule has 0 atom stereocenters. The standard InChI is InChI=1S/C22H25NO4.C20H24N2O4.C19H22N2O3.C18H21N3O3.2C18H20N2O4/c1-2-20(25)16-21(26)14-17-8-10-18(11-9-17)15-22(27)23(12-13-24)19-6-4-3-5-7-19;1-15(2)20(25)22(26)18-10-8-16(9-11-18)14-19(24)21(12-13-23)17-6-4-3-5-7-17;1-20-19(24)16-9-7-15(8-10-16)13-18(23)14-21(11-12-22)17-5-3-2-4-6-17;1-19-18(24)14-7-9-15(10-8-14)20-13-17(23)21(11-12-22)16-5-3-2-4-6-16;1-19-18(23)14-7-9-16(10-8-14)24-13-17(22)20(11-12-21)15-5-3-2-4-6-15;1-14(22)20(24)17-9-7-15(8-10-17)13-18(23)19(11-12-21)16-5-3-2-4-6-16/h3-11,24H,2,12-16H2,1H3;3-11,15,23,26H,12-14H2,1-2H3;2-10,22H,11-14H2,1H3,(H,20,24);2-10,20,22H,11-13H2,1H3,(H,19,24);2-10,21H,11-13H2,1H3,(H,19,23);2-10,21,24H,11-13H2,1H3. The third-order valence-corrected chi connectivity index (χ3v) is 22.3. The van der Waals surface area contributed by atoms with Crippen LogP contribution in [0, 0.1) is 5.92 Å². The lowest BCUT2D eigenvalue weighted by atomic mass is 10.0. The number of benzene rings is 12. The van der Waals surface area contributed by atoms with Crippen LogP contribution >= 0.6 is 0 Å². The molecular formula is C115H132N12O22. The number of rotatable bonds is 45. The van der Waals surface area contributed by atoms with Crippen molar-refractivity contribution in [3.63, 3.8) is 0 Å². The van der Waals surface area contributed by atoms with Crippen molar-refractivity contribution in [2.24, 2.45) is 5.92 Å². The smallest absolute Gasteiger partial charge is 0.264 e. The van der Waals surface area contributed by atoms with Crippen molar-refractivity contribution in [2.45, 2.75) is 72.6 Å². The van der Waals surface area contributed by atoms with Gasteiger partial charge in [-0.15, -0.1) is 0 Å². The molecule has 0 fully saturated rings. The van der Waals surface area contributed by atoms with E-state index in [0.29, 0.717) is 69.0 Å². The molecule has 0 aliphatic heterocycles. The number of para-hydroxylation sites is 6. The first kappa shape index (κ1) is 119. The van der Waals surface area contributed by atoms with E-state index in [9.17, 15) is 98.3 Å². The van der Waals surface area contributed by atoms with Gasteiger partial charge in [-0.1, -0.05) is 191 Å². The van der Waals surface area contributed by atoms with Crippen molar-refractivity contribution < 1.29 is 108 Å². The van der Waals surface area contributed by atoms with Gasteiger partial charge in [0.15, 0.2) is 12.4 Å². The molecule has 149 heavy (non-hydrogen) atoms. The number of aliphatic hydroxyl groups excluding tert-OH is 6. The third kappa shape index (κ3) is 41.1. The maximum Gasteiger partial charge on any atom is 0.264 e. The monoisotopic (exact) mass is 2030 g/mol. The lowest BCUT2D eigenvalue weighted by Gasteiger charge is -2.23. The highest BCUT2D eigenvalue weighted by molar-refractivity contribution is 6.02. The third-order valence-electron chi connectivity index (χ3n) is 22.3. The van der Waals surface area contributed by atoms with Crippen LogP contribution < -0.4 is 65.5 Å². The molecule has 0 heterocycles. The Bertz CT molecular complexity index is 6010. The Hall–Kier alpha value is -16.6. The summed E-state index contributed by atoms with van der Waals surface area (Å²) in [5, 5.41) is 86.6. The zero-order chi connectivity index (χ0) is 108. The molecule has 0 bridgehead atoms. The van der Waals surface area contributed by atoms with E-state index in [2.05, 4.69) is 21.3 Å². The van der Waals surface area contributed by atoms with Crippen molar-refractivity contribution in [3.05, 3.63) is 372 Å². The minimum Gasteiger partial charge on any atom is -0.484 e. The fourth-order valence-electron chi connectivity index (χ4n) is 14.5. The number of carbonyl (C=O) groups excluding carboxylic acids is 13. The Morgan fingerprint density at radius 3 is 0.899 bits per heavy atom.